The van der Waals surface area contributed by atoms with Crippen LogP contribution in [0.4, 0.5) is 11.4 Å². The van der Waals surface area contributed by atoms with Gasteiger partial charge in [0.05, 0.1) is 4.92 Å². The fraction of sp³-hybridized carbons (Fsp3) is 0.667. The number of benzene rings is 1. The van der Waals surface area contributed by atoms with E-state index in [1.54, 1.807) is 18.2 Å². The lowest BCUT2D eigenvalue weighted by Crippen LogP contribution is -2.04. The third kappa shape index (κ3) is 8.01. The molecule has 0 aliphatic heterocycles. The average molecular weight is 306 g/mol. The summed E-state index contributed by atoms with van der Waals surface area (Å²) in [7, 11) is 0. The van der Waals surface area contributed by atoms with E-state index in [-0.39, 0.29) is 10.6 Å². The van der Waals surface area contributed by atoms with Crippen LogP contribution in [0.1, 0.15) is 71.1 Å². The zero-order valence-electron chi connectivity index (χ0n) is 13.9. The van der Waals surface area contributed by atoms with Crippen molar-refractivity contribution in [2.75, 3.05) is 11.9 Å². The van der Waals surface area contributed by atoms with Crippen LogP contribution in [0.25, 0.3) is 0 Å². The summed E-state index contributed by atoms with van der Waals surface area (Å²) in [5.41, 5.74) is 0.790. The second kappa shape index (κ2) is 12.0. The Hall–Kier alpha value is -1.58. The molecule has 4 heteroatoms. The number of nitrogens with zero attached hydrogens (tertiary/aromatic N) is 1. The van der Waals surface area contributed by atoms with E-state index in [4.69, 9.17) is 0 Å². The van der Waals surface area contributed by atoms with Crippen LogP contribution in [-0.4, -0.2) is 11.5 Å². The summed E-state index contributed by atoms with van der Waals surface area (Å²) in [6.45, 7) is 3.06. The van der Waals surface area contributed by atoms with Crippen molar-refractivity contribution in [3.63, 3.8) is 0 Å². The summed E-state index contributed by atoms with van der Waals surface area (Å²) < 4.78 is 0. The van der Waals surface area contributed by atoms with Crippen molar-refractivity contribution in [2.24, 2.45) is 0 Å². The first-order valence-corrected chi connectivity index (χ1v) is 8.73. The molecule has 1 aromatic rings. The van der Waals surface area contributed by atoms with Crippen LogP contribution in [0.5, 0.6) is 0 Å². The molecule has 0 heterocycles. The van der Waals surface area contributed by atoms with E-state index in [9.17, 15) is 10.1 Å². The third-order valence-corrected chi connectivity index (χ3v) is 3.95. The first-order chi connectivity index (χ1) is 10.8. The van der Waals surface area contributed by atoms with Crippen LogP contribution < -0.4 is 5.32 Å². The highest BCUT2D eigenvalue weighted by Crippen LogP contribution is 2.23. The molecule has 0 radical (unpaired) electrons. The van der Waals surface area contributed by atoms with Crippen molar-refractivity contribution < 1.29 is 4.92 Å². The van der Waals surface area contributed by atoms with Crippen LogP contribution in [0.3, 0.4) is 0 Å². The third-order valence-electron chi connectivity index (χ3n) is 3.95. The minimum absolute atomic E-state index is 0.162. The number of nitro benzene ring substituents is 1. The van der Waals surface area contributed by atoms with Gasteiger partial charge < -0.3 is 5.32 Å². The van der Waals surface area contributed by atoms with Crippen molar-refractivity contribution in [3.05, 3.63) is 34.4 Å². The molecule has 1 aromatic carbocycles. The van der Waals surface area contributed by atoms with E-state index in [0.717, 1.165) is 13.0 Å². The van der Waals surface area contributed by atoms with Crippen molar-refractivity contribution in [3.8, 4) is 0 Å². The first kappa shape index (κ1) is 18.5. The number of nitrogens with one attached hydrogen (secondary N) is 1. The maximum Gasteiger partial charge on any atom is 0.292 e. The quantitative estimate of drug-likeness (QED) is 0.279. The molecule has 0 spiro atoms. The highest BCUT2D eigenvalue weighted by molar-refractivity contribution is 5.60. The van der Waals surface area contributed by atoms with Gasteiger partial charge in [-0.3, -0.25) is 10.1 Å². The highest BCUT2D eigenvalue weighted by Gasteiger charge is 2.10. The molecule has 0 unspecified atom stereocenters. The molecule has 1 rings (SSSR count). The number of rotatable bonds is 13. The number of hydrogen-bond donors (Lipinski definition) is 1. The Morgan fingerprint density at radius 3 is 2.05 bits per heavy atom. The molecule has 124 valence electrons. The molecule has 0 aliphatic rings. The fourth-order valence-electron chi connectivity index (χ4n) is 2.62. The zero-order valence-corrected chi connectivity index (χ0v) is 13.9. The maximum absolute atomic E-state index is 10.9. The second-order valence-corrected chi connectivity index (χ2v) is 5.88. The Bertz CT molecular complexity index is 421. The van der Waals surface area contributed by atoms with E-state index in [1.165, 1.54) is 57.8 Å². The summed E-state index contributed by atoms with van der Waals surface area (Å²) in [6, 6.07) is 6.84. The Morgan fingerprint density at radius 2 is 1.45 bits per heavy atom. The molecular weight excluding hydrogens is 276 g/mol. The SMILES string of the molecule is CCCCCCCCCCCCNc1ccccc1[N+](=O)[O-]. The van der Waals surface area contributed by atoms with Gasteiger partial charge in [-0.1, -0.05) is 76.8 Å². The zero-order chi connectivity index (χ0) is 16.0. The van der Waals surface area contributed by atoms with Gasteiger partial charge in [0.25, 0.3) is 5.69 Å². The highest BCUT2D eigenvalue weighted by atomic mass is 16.6. The number of para-hydroxylation sites is 2. The van der Waals surface area contributed by atoms with E-state index in [1.807, 2.05) is 6.07 Å². The summed E-state index contributed by atoms with van der Waals surface area (Å²) in [5.74, 6) is 0. The topological polar surface area (TPSA) is 55.2 Å². The van der Waals surface area contributed by atoms with Gasteiger partial charge in [-0.15, -0.1) is 0 Å². The van der Waals surface area contributed by atoms with Gasteiger partial charge in [0, 0.05) is 12.6 Å². The molecule has 22 heavy (non-hydrogen) atoms. The average Bonchev–Trinajstić information content (AvgIpc) is 2.53. The van der Waals surface area contributed by atoms with Gasteiger partial charge in [0.2, 0.25) is 0 Å². The lowest BCUT2D eigenvalue weighted by atomic mass is 10.1. The van der Waals surface area contributed by atoms with Crippen molar-refractivity contribution in [1.82, 2.24) is 0 Å². The second-order valence-electron chi connectivity index (χ2n) is 5.88. The van der Waals surface area contributed by atoms with E-state index < -0.39 is 0 Å². The molecule has 0 amide bonds. The van der Waals surface area contributed by atoms with Gasteiger partial charge in [-0.25, -0.2) is 0 Å². The molecule has 0 saturated carbocycles. The number of hydrogen-bond acceptors (Lipinski definition) is 3. The summed E-state index contributed by atoms with van der Waals surface area (Å²) in [6.07, 6.45) is 13.0. The van der Waals surface area contributed by atoms with Crippen LogP contribution in [0.15, 0.2) is 24.3 Å². The minimum Gasteiger partial charge on any atom is -0.379 e. The predicted octanol–water partition coefficient (Wildman–Crippen LogP) is 5.93. The smallest absolute Gasteiger partial charge is 0.292 e. The molecule has 0 atom stereocenters. The Labute approximate surface area is 134 Å². The van der Waals surface area contributed by atoms with E-state index in [0.29, 0.717) is 5.69 Å². The Kier molecular flexibility index (Phi) is 10.1. The number of unbranched alkanes of at least 4 members (excludes halogenated alkanes) is 9. The largest absolute Gasteiger partial charge is 0.379 e. The van der Waals surface area contributed by atoms with E-state index >= 15 is 0 Å². The predicted molar refractivity (Wildman–Crippen MR) is 93.4 cm³/mol. The van der Waals surface area contributed by atoms with Crippen LogP contribution >= 0.6 is 0 Å². The van der Waals surface area contributed by atoms with Crippen LogP contribution in [-0.2, 0) is 0 Å². The summed E-state index contributed by atoms with van der Waals surface area (Å²) in [4.78, 5) is 10.6. The van der Waals surface area contributed by atoms with Gasteiger partial charge in [0.1, 0.15) is 5.69 Å². The van der Waals surface area contributed by atoms with E-state index in [2.05, 4.69) is 12.2 Å². The van der Waals surface area contributed by atoms with Gasteiger partial charge >= 0.3 is 0 Å². The molecule has 0 saturated heterocycles. The molecule has 0 bridgehead atoms. The molecule has 1 N–H and O–H groups in total. The lowest BCUT2D eigenvalue weighted by Gasteiger charge is -2.07. The van der Waals surface area contributed by atoms with Gasteiger partial charge in [-0.05, 0) is 12.5 Å². The molecule has 0 aliphatic carbocycles. The van der Waals surface area contributed by atoms with Gasteiger partial charge in [-0.2, -0.15) is 0 Å². The molecule has 4 nitrogen and oxygen atoms in total. The van der Waals surface area contributed by atoms with Gasteiger partial charge in [0.15, 0.2) is 0 Å². The van der Waals surface area contributed by atoms with Crippen molar-refractivity contribution in [1.29, 1.82) is 0 Å². The lowest BCUT2D eigenvalue weighted by molar-refractivity contribution is -0.384. The first-order valence-electron chi connectivity index (χ1n) is 8.73. The van der Waals surface area contributed by atoms with Crippen molar-refractivity contribution in [2.45, 2.75) is 71.1 Å². The fourth-order valence-corrected chi connectivity index (χ4v) is 2.62. The standard InChI is InChI=1S/C18H30N2O2/c1-2-3-4-5-6-7-8-9-10-13-16-19-17-14-11-12-15-18(17)20(21)22/h11-12,14-15,19H,2-10,13,16H2,1H3. The van der Waals surface area contributed by atoms with Crippen LogP contribution in [0.2, 0.25) is 0 Å². The van der Waals surface area contributed by atoms with Crippen LogP contribution in [0, 0.1) is 10.1 Å². The number of anilines is 1. The molecular formula is C18H30N2O2. The molecule has 0 fully saturated rings. The minimum atomic E-state index is -0.332. The van der Waals surface area contributed by atoms with Crippen molar-refractivity contribution >= 4 is 11.4 Å². The maximum atomic E-state index is 10.9. The summed E-state index contributed by atoms with van der Waals surface area (Å²) in [5, 5.41) is 14.1. The normalized spacial score (nSPS) is 10.6. The number of nitro groups is 1. The Balaban J connectivity index is 2.01. The monoisotopic (exact) mass is 306 g/mol. The summed E-state index contributed by atoms with van der Waals surface area (Å²) >= 11 is 0. The Morgan fingerprint density at radius 1 is 0.909 bits per heavy atom. The molecule has 0 aromatic heterocycles.